The molecule has 92 valence electrons. The molecule has 0 saturated carbocycles. The number of anilines is 1. The van der Waals surface area contributed by atoms with Crippen LogP contribution < -0.4 is 10.1 Å². The third-order valence-electron chi connectivity index (χ3n) is 2.10. The summed E-state index contributed by atoms with van der Waals surface area (Å²) in [7, 11) is 1.38. The van der Waals surface area contributed by atoms with Crippen LogP contribution in [0.25, 0.3) is 0 Å². The molecule has 0 radical (unpaired) electrons. The summed E-state index contributed by atoms with van der Waals surface area (Å²) in [6, 6.07) is 0.0805. The van der Waals surface area contributed by atoms with Crippen LogP contribution in [0, 0.1) is 0 Å². The van der Waals surface area contributed by atoms with Crippen LogP contribution in [0.15, 0.2) is 11.1 Å². The summed E-state index contributed by atoms with van der Waals surface area (Å²) in [5, 5.41) is 17.1. The van der Waals surface area contributed by atoms with E-state index in [0.29, 0.717) is 0 Å². The Morgan fingerprint density at radius 2 is 2.00 bits per heavy atom. The van der Waals surface area contributed by atoms with E-state index in [1.807, 2.05) is 0 Å². The van der Waals surface area contributed by atoms with E-state index >= 15 is 0 Å². The zero-order chi connectivity index (χ0) is 13.0. The summed E-state index contributed by atoms with van der Waals surface area (Å²) in [6.45, 7) is 2.75. The van der Waals surface area contributed by atoms with Gasteiger partial charge in [0, 0.05) is 11.1 Å². The molecule has 3 N–H and O–H groups in total. The molecule has 1 heterocycles. The number of carboxylic acids is 1. The molecule has 0 fully saturated rings. The number of H-pyrrole nitrogens is 1. The number of ether oxygens (including phenoxy) is 1. The highest BCUT2D eigenvalue weighted by atomic mass is 16.5. The van der Waals surface area contributed by atoms with Crippen LogP contribution in [-0.2, 0) is 9.59 Å². The Morgan fingerprint density at radius 3 is 2.47 bits per heavy atom. The van der Waals surface area contributed by atoms with E-state index in [-0.39, 0.29) is 23.1 Å². The minimum absolute atomic E-state index is 0.0334. The Labute approximate surface area is 96.7 Å². The van der Waals surface area contributed by atoms with E-state index in [0.717, 1.165) is 0 Å². The lowest BCUT2D eigenvalue weighted by Crippen LogP contribution is -2.17. The van der Waals surface area contributed by atoms with Crippen molar-refractivity contribution in [3.8, 4) is 6.01 Å². The van der Waals surface area contributed by atoms with E-state index in [2.05, 4.69) is 20.5 Å². The maximum atomic E-state index is 11.6. The van der Waals surface area contributed by atoms with Crippen molar-refractivity contribution in [2.75, 3.05) is 12.4 Å². The fourth-order valence-corrected chi connectivity index (χ4v) is 0.926. The molecular weight excluding hydrogens is 228 g/mol. The van der Waals surface area contributed by atoms with Gasteiger partial charge in [0.05, 0.1) is 7.11 Å². The van der Waals surface area contributed by atoms with Crippen molar-refractivity contribution in [3.05, 3.63) is 11.1 Å². The predicted octanol–water partition coefficient (Wildman–Crippen LogP) is 0.173. The van der Waals surface area contributed by atoms with E-state index in [1.54, 1.807) is 0 Å². The monoisotopic (exact) mass is 240 g/mol. The molecule has 0 spiro atoms. The molecule has 8 nitrogen and oxygen atoms in total. The number of amides is 1. The molecule has 1 rings (SSSR count). The minimum Gasteiger partial charge on any atom is -0.478 e. The van der Waals surface area contributed by atoms with Crippen molar-refractivity contribution in [2.24, 2.45) is 0 Å². The maximum Gasteiger partial charge on any atom is 0.336 e. The van der Waals surface area contributed by atoms with Crippen molar-refractivity contribution in [2.45, 2.75) is 13.8 Å². The van der Waals surface area contributed by atoms with Crippen molar-refractivity contribution in [1.82, 2.24) is 15.2 Å². The Balaban J connectivity index is 2.79. The normalized spacial score (nSPS) is 11.7. The number of hydrogen-bond acceptors (Lipinski definition) is 5. The SMILES string of the molecule is COc1n[nH]c(NC(=O)C(C)=C(C)C(=O)O)n1. The van der Waals surface area contributed by atoms with Crippen LogP contribution in [0.2, 0.25) is 0 Å². The molecule has 1 aromatic rings. The van der Waals surface area contributed by atoms with Gasteiger partial charge in [0.1, 0.15) is 0 Å². The first-order valence-corrected chi connectivity index (χ1v) is 4.64. The van der Waals surface area contributed by atoms with E-state index in [1.165, 1.54) is 21.0 Å². The Kier molecular flexibility index (Phi) is 3.81. The van der Waals surface area contributed by atoms with Crippen molar-refractivity contribution in [1.29, 1.82) is 0 Å². The standard InChI is InChI=1S/C9H12N4O4/c1-4(5(2)7(15)16)6(14)10-8-11-9(17-3)13-12-8/h1-3H3,(H,15,16)(H2,10,11,12,13,14). The number of rotatable bonds is 4. The number of aromatic nitrogens is 3. The third-order valence-corrected chi connectivity index (χ3v) is 2.10. The van der Waals surface area contributed by atoms with Gasteiger partial charge in [0.15, 0.2) is 0 Å². The number of aromatic amines is 1. The molecule has 0 saturated heterocycles. The minimum atomic E-state index is -1.15. The van der Waals surface area contributed by atoms with Gasteiger partial charge in [-0.1, -0.05) is 0 Å². The molecular formula is C9H12N4O4. The Hall–Kier alpha value is -2.38. The van der Waals surface area contributed by atoms with Crippen LogP contribution >= 0.6 is 0 Å². The number of carbonyl (C=O) groups excluding carboxylic acids is 1. The molecule has 0 aliphatic rings. The number of carboxylic acid groups (broad SMARTS) is 1. The zero-order valence-corrected chi connectivity index (χ0v) is 9.57. The number of nitrogens with one attached hydrogen (secondary N) is 2. The van der Waals surface area contributed by atoms with E-state index in [4.69, 9.17) is 9.84 Å². The topological polar surface area (TPSA) is 117 Å². The second-order valence-corrected chi connectivity index (χ2v) is 3.18. The molecule has 0 aromatic carbocycles. The van der Waals surface area contributed by atoms with Crippen molar-refractivity contribution >= 4 is 17.8 Å². The van der Waals surface area contributed by atoms with E-state index in [9.17, 15) is 9.59 Å². The van der Waals surface area contributed by atoms with Gasteiger partial charge in [-0.2, -0.15) is 4.98 Å². The number of methoxy groups -OCH3 is 1. The molecule has 8 heteroatoms. The average molecular weight is 240 g/mol. The van der Waals surface area contributed by atoms with Crippen LogP contribution in [0.1, 0.15) is 13.8 Å². The lowest BCUT2D eigenvalue weighted by molar-refractivity contribution is -0.133. The number of aliphatic carboxylic acids is 1. The lowest BCUT2D eigenvalue weighted by Gasteiger charge is -2.03. The van der Waals surface area contributed by atoms with Gasteiger partial charge in [-0.25, -0.2) is 9.89 Å². The third kappa shape index (κ3) is 3.03. The highest BCUT2D eigenvalue weighted by Crippen LogP contribution is 2.09. The first kappa shape index (κ1) is 12.7. The fraction of sp³-hybridized carbons (Fsp3) is 0.333. The van der Waals surface area contributed by atoms with Crippen molar-refractivity contribution < 1.29 is 19.4 Å². The van der Waals surface area contributed by atoms with Crippen molar-refractivity contribution in [3.63, 3.8) is 0 Å². The summed E-state index contributed by atoms with van der Waals surface area (Å²) in [4.78, 5) is 26.0. The van der Waals surface area contributed by atoms with Gasteiger partial charge in [0.25, 0.3) is 5.91 Å². The first-order valence-electron chi connectivity index (χ1n) is 4.64. The number of nitrogens with zero attached hydrogens (tertiary/aromatic N) is 2. The summed E-state index contributed by atoms with van der Waals surface area (Å²) >= 11 is 0. The number of carbonyl (C=O) groups is 2. The Bertz CT molecular complexity index is 477. The molecule has 1 amide bonds. The van der Waals surface area contributed by atoms with Gasteiger partial charge in [-0.3, -0.25) is 10.1 Å². The van der Waals surface area contributed by atoms with Gasteiger partial charge in [-0.15, -0.1) is 5.10 Å². The van der Waals surface area contributed by atoms with Crippen LogP contribution in [-0.4, -0.2) is 39.3 Å². The first-order chi connectivity index (χ1) is 7.95. The van der Waals surface area contributed by atoms with Gasteiger partial charge >= 0.3 is 12.0 Å². The number of hydrogen-bond donors (Lipinski definition) is 3. The maximum absolute atomic E-state index is 11.6. The lowest BCUT2D eigenvalue weighted by atomic mass is 10.1. The van der Waals surface area contributed by atoms with Crippen LogP contribution in [0.3, 0.4) is 0 Å². The zero-order valence-electron chi connectivity index (χ0n) is 9.57. The smallest absolute Gasteiger partial charge is 0.336 e. The van der Waals surface area contributed by atoms with Gasteiger partial charge in [0.2, 0.25) is 5.95 Å². The highest BCUT2D eigenvalue weighted by Gasteiger charge is 2.14. The molecule has 17 heavy (non-hydrogen) atoms. The molecule has 0 atom stereocenters. The highest BCUT2D eigenvalue weighted by molar-refractivity contribution is 6.07. The second-order valence-electron chi connectivity index (χ2n) is 3.18. The van der Waals surface area contributed by atoms with Crippen LogP contribution in [0.4, 0.5) is 5.95 Å². The summed E-state index contributed by atoms with van der Waals surface area (Å²) in [5.41, 5.74) is 0.0573. The second kappa shape index (κ2) is 5.10. The molecule has 0 bridgehead atoms. The fourth-order valence-electron chi connectivity index (χ4n) is 0.926. The average Bonchev–Trinajstić information content (AvgIpc) is 2.74. The van der Waals surface area contributed by atoms with Crippen LogP contribution in [0.5, 0.6) is 6.01 Å². The van der Waals surface area contributed by atoms with Gasteiger partial charge in [-0.05, 0) is 13.8 Å². The molecule has 1 aromatic heterocycles. The largest absolute Gasteiger partial charge is 0.478 e. The molecule has 0 aliphatic heterocycles. The van der Waals surface area contributed by atoms with Gasteiger partial charge < -0.3 is 9.84 Å². The molecule has 0 aliphatic carbocycles. The summed E-state index contributed by atoms with van der Waals surface area (Å²) in [6.07, 6.45) is 0. The Morgan fingerprint density at radius 1 is 1.35 bits per heavy atom. The molecule has 0 unspecified atom stereocenters. The summed E-state index contributed by atoms with van der Waals surface area (Å²) < 4.78 is 4.71. The quantitative estimate of drug-likeness (QED) is 0.646. The summed E-state index contributed by atoms with van der Waals surface area (Å²) in [5.74, 6) is -1.62. The predicted molar refractivity (Wildman–Crippen MR) is 57.6 cm³/mol. The van der Waals surface area contributed by atoms with E-state index < -0.39 is 11.9 Å².